The maximum absolute atomic E-state index is 12.6. The van der Waals surface area contributed by atoms with Gasteiger partial charge in [-0.05, 0) is 18.2 Å². The molecule has 4 N–H and O–H groups in total. The van der Waals surface area contributed by atoms with E-state index in [1.807, 2.05) is 0 Å². The molecule has 0 saturated carbocycles. The molecule has 0 amide bonds. The summed E-state index contributed by atoms with van der Waals surface area (Å²) in [4.78, 5) is 18.9. The maximum atomic E-state index is 12.6. The molecule has 0 fully saturated rings. The van der Waals surface area contributed by atoms with Gasteiger partial charge in [0.2, 0.25) is 0 Å². The van der Waals surface area contributed by atoms with Crippen LogP contribution in [0, 0.1) is 0 Å². The van der Waals surface area contributed by atoms with Gasteiger partial charge >= 0.3 is 24.3 Å². The third-order valence-electron chi connectivity index (χ3n) is 2.83. The molecule has 0 heterocycles. The molecule has 142 valence electrons. The summed E-state index contributed by atoms with van der Waals surface area (Å²) in [6, 6.07) is 1.65. The first-order chi connectivity index (χ1) is 11.2. The summed E-state index contributed by atoms with van der Waals surface area (Å²) in [7, 11) is 1.06. The van der Waals surface area contributed by atoms with Crippen LogP contribution in [0.5, 0.6) is 0 Å². The number of carboxylic acids is 2. The van der Waals surface area contributed by atoms with Crippen molar-refractivity contribution >= 4 is 17.6 Å². The normalized spacial score (nSPS) is 12.6. The van der Waals surface area contributed by atoms with E-state index in [1.54, 1.807) is 0 Å². The van der Waals surface area contributed by atoms with Crippen molar-refractivity contribution in [2.75, 3.05) is 18.5 Å². The van der Waals surface area contributed by atoms with Crippen molar-refractivity contribution in [3.8, 4) is 0 Å². The van der Waals surface area contributed by atoms with E-state index >= 15 is 0 Å². The second-order valence-corrected chi connectivity index (χ2v) is 4.56. The van der Waals surface area contributed by atoms with Crippen LogP contribution in [0.2, 0.25) is 0 Å². The zero-order valence-electron chi connectivity index (χ0n) is 12.6. The van der Waals surface area contributed by atoms with Gasteiger partial charge < -0.3 is 20.8 Å². The minimum atomic E-state index is -4.61. The molecule has 0 aliphatic carbocycles. The van der Waals surface area contributed by atoms with E-state index in [0.29, 0.717) is 11.0 Å². The minimum absolute atomic E-state index is 0.192. The van der Waals surface area contributed by atoms with Crippen molar-refractivity contribution in [1.29, 1.82) is 0 Å². The van der Waals surface area contributed by atoms with E-state index in [-0.39, 0.29) is 5.69 Å². The molecule has 0 aliphatic heterocycles. The van der Waals surface area contributed by atoms with Crippen LogP contribution in [-0.4, -0.2) is 48.0 Å². The first-order valence-corrected chi connectivity index (χ1v) is 6.34. The van der Waals surface area contributed by atoms with Crippen molar-refractivity contribution in [3.63, 3.8) is 0 Å². The average Bonchev–Trinajstić information content (AvgIpc) is 2.46. The molecule has 12 heteroatoms. The highest BCUT2D eigenvalue weighted by Gasteiger charge is 2.42. The Morgan fingerprint density at radius 1 is 1.12 bits per heavy atom. The second-order valence-electron chi connectivity index (χ2n) is 4.56. The van der Waals surface area contributed by atoms with Gasteiger partial charge in [0.15, 0.2) is 0 Å². The number of halogens is 6. The highest BCUT2D eigenvalue weighted by molar-refractivity contribution is 6.27. The number of nitrogens with zero attached hydrogens (tertiary/aromatic N) is 1. The molecule has 6 nitrogen and oxygen atoms in total. The second kappa shape index (κ2) is 8.55. The van der Waals surface area contributed by atoms with Crippen LogP contribution in [-0.2, 0) is 15.8 Å². The summed E-state index contributed by atoms with van der Waals surface area (Å²) in [5, 5.41) is 14.8. The number of hydrogen-bond donors (Lipinski definition) is 3. The van der Waals surface area contributed by atoms with Crippen molar-refractivity contribution in [1.82, 2.24) is 0 Å². The summed E-state index contributed by atoms with van der Waals surface area (Å²) in [6.07, 6.45) is -9.22. The van der Waals surface area contributed by atoms with Crippen LogP contribution in [0.3, 0.4) is 0 Å². The molecule has 1 aromatic rings. The van der Waals surface area contributed by atoms with Crippen LogP contribution in [0.15, 0.2) is 24.3 Å². The van der Waals surface area contributed by atoms with E-state index in [1.165, 1.54) is 6.07 Å². The summed E-state index contributed by atoms with van der Waals surface area (Å²) in [5.41, 5.74) is 3.84. The number of nitrogens with two attached hydrogens (primary N) is 1. The van der Waals surface area contributed by atoms with E-state index in [9.17, 15) is 26.3 Å². The number of likely N-dealkylation sites (N-methyl/N-ethyl adjacent to an activating group) is 1. The summed E-state index contributed by atoms with van der Waals surface area (Å²) < 4.78 is 75.4. The highest BCUT2D eigenvalue weighted by atomic mass is 19.4. The fourth-order valence-corrected chi connectivity index (χ4v) is 1.59. The quantitative estimate of drug-likeness (QED) is 0.552. The Balaban J connectivity index is 0.000000823. The Morgan fingerprint density at radius 2 is 1.60 bits per heavy atom. The van der Waals surface area contributed by atoms with Crippen LogP contribution in [0.4, 0.5) is 32.0 Å². The Labute approximate surface area is 137 Å². The van der Waals surface area contributed by atoms with Gasteiger partial charge in [0.05, 0.1) is 5.56 Å². The molecular weight excluding hydrogens is 362 g/mol. The van der Waals surface area contributed by atoms with Crippen molar-refractivity contribution in [3.05, 3.63) is 29.8 Å². The largest absolute Gasteiger partial charge is 0.473 e. The number of benzene rings is 1. The summed E-state index contributed by atoms with van der Waals surface area (Å²) in [5.74, 6) is -3.65. The number of aliphatic carboxylic acids is 2. The monoisotopic (exact) mass is 376 g/mol. The lowest BCUT2D eigenvalue weighted by molar-refractivity contribution is -0.159. The minimum Gasteiger partial charge on any atom is -0.473 e. The zero-order valence-corrected chi connectivity index (χ0v) is 12.6. The molecule has 25 heavy (non-hydrogen) atoms. The molecule has 0 spiro atoms. The van der Waals surface area contributed by atoms with Gasteiger partial charge in [-0.1, -0.05) is 6.07 Å². The number of alkyl halides is 6. The smallest absolute Gasteiger partial charge is 0.416 e. The topological polar surface area (TPSA) is 104 Å². The van der Waals surface area contributed by atoms with Crippen molar-refractivity contribution in [2.24, 2.45) is 5.73 Å². The SMILES string of the molecule is CN(c1cccc(C(F)(F)F)c1)C(CN)C(F)(F)F.O=C(O)C(=O)O. The number of rotatable bonds is 3. The lowest BCUT2D eigenvalue weighted by Gasteiger charge is -2.31. The number of carbonyl (C=O) groups is 2. The van der Waals surface area contributed by atoms with Gasteiger partial charge in [0.25, 0.3) is 0 Å². The fourth-order valence-electron chi connectivity index (χ4n) is 1.59. The zero-order chi connectivity index (χ0) is 20.0. The van der Waals surface area contributed by atoms with Gasteiger partial charge in [-0.25, -0.2) is 9.59 Å². The predicted octanol–water partition coefficient (Wildman–Crippen LogP) is 2.19. The average molecular weight is 376 g/mol. The molecule has 0 aliphatic rings. The molecule has 0 aromatic heterocycles. The maximum Gasteiger partial charge on any atom is 0.416 e. The number of carboxylic acid groups (broad SMARTS) is 2. The molecular formula is C13H14F6N2O4. The highest BCUT2D eigenvalue weighted by Crippen LogP contribution is 2.33. The van der Waals surface area contributed by atoms with E-state index in [2.05, 4.69) is 0 Å². The van der Waals surface area contributed by atoms with Crippen molar-refractivity contribution in [2.45, 2.75) is 18.4 Å². The lowest BCUT2D eigenvalue weighted by Crippen LogP contribution is -2.48. The van der Waals surface area contributed by atoms with E-state index < -0.39 is 42.4 Å². The van der Waals surface area contributed by atoms with Crippen LogP contribution in [0.1, 0.15) is 5.56 Å². The van der Waals surface area contributed by atoms with Crippen molar-refractivity contribution < 1.29 is 46.1 Å². The van der Waals surface area contributed by atoms with Crippen LogP contribution >= 0.6 is 0 Å². The molecule has 1 atom stereocenters. The summed E-state index contributed by atoms with van der Waals surface area (Å²) >= 11 is 0. The summed E-state index contributed by atoms with van der Waals surface area (Å²) in [6.45, 7) is -0.740. The standard InChI is InChI=1S/C11H12F6N2.C2H2O4/c1-19(9(6-18)11(15,16)17)8-4-2-3-7(5-8)10(12,13)14;3-1(4)2(5)6/h2-5,9H,6,18H2,1H3;(H,3,4)(H,5,6). The molecule has 1 aromatic carbocycles. The Kier molecular flexibility index (Phi) is 7.70. The van der Waals surface area contributed by atoms with Gasteiger partial charge in [-0.3, -0.25) is 0 Å². The van der Waals surface area contributed by atoms with E-state index in [0.717, 1.165) is 19.2 Å². The Hall–Kier alpha value is -2.50. The predicted molar refractivity (Wildman–Crippen MR) is 74.0 cm³/mol. The van der Waals surface area contributed by atoms with Crippen LogP contribution in [0.25, 0.3) is 0 Å². The molecule has 0 saturated heterocycles. The molecule has 0 radical (unpaired) electrons. The molecule has 0 bridgehead atoms. The number of hydrogen-bond acceptors (Lipinski definition) is 4. The van der Waals surface area contributed by atoms with Crippen LogP contribution < -0.4 is 10.6 Å². The number of anilines is 1. The first kappa shape index (κ1) is 22.5. The van der Waals surface area contributed by atoms with Gasteiger partial charge in [-0.2, -0.15) is 26.3 Å². The lowest BCUT2D eigenvalue weighted by atomic mass is 10.1. The Morgan fingerprint density at radius 3 is 1.92 bits per heavy atom. The third kappa shape index (κ3) is 7.28. The fraction of sp³-hybridized carbons (Fsp3) is 0.385. The first-order valence-electron chi connectivity index (χ1n) is 6.34. The molecule has 1 rings (SSSR count). The van der Waals surface area contributed by atoms with Gasteiger partial charge in [0, 0.05) is 19.3 Å². The van der Waals surface area contributed by atoms with E-state index in [4.69, 9.17) is 25.5 Å². The van der Waals surface area contributed by atoms with Gasteiger partial charge in [0.1, 0.15) is 6.04 Å². The molecule has 1 unspecified atom stereocenters. The Bertz CT molecular complexity index is 591. The van der Waals surface area contributed by atoms with Gasteiger partial charge in [-0.15, -0.1) is 0 Å². The third-order valence-corrected chi connectivity index (χ3v) is 2.83.